The summed E-state index contributed by atoms with van der Waals surface area (Å²) in [6, 6.07) is 16.2. The topological polar surface area (TPSA) is 171 Å². The molecule has 51 heavy (non-hydrogen) atoms. The van der Waals surface area contributed by atoms with Gasteiger partial charge in [-0.2, -0.15) is 0 Å². The van der Waals surface area contributed by atoms with E-state index in [4.69, 9.17) is 9.47 Å². The first-order valence-corrected chi connectivity index (χ1v) is 17.7. The SMILES string of the molecule is CC(C)(C)OC(=O)NCC1CCC(C(=O)NC(Cc2ccc(-c3ccnc(N4CCOCC4)c3)cc2)C(=O)Nc2ccc3c(=O)[nH][nH]c3c2)CC1. The Labute approximate surface area is 296 Å². The number of pyridine rings is 1. The first-order chi connectivity index (χ1) is 24.5. The zero-order valence-corrected chi connectivity index (χ0v) is 29.4. The highest BCUT2D eigenvalue weighted by Gasteiger charge is 2.30. The van der Waals surface area contributed by atoms with E-state index in [2.05, 4.69) is 42.1 Å². The summed E-state index contributed by atoms with van der Waals surface area (Å²) in [6.45, 7) is 8.93. The molecule has 0 bridgehead atoms. The van der Waals surface area contributed by atoms with Crippen LogP contribution in [0.1, 0.15) is 52.0 Å². The summed E-state index contributed by atoms with van der Waals surface area (Å²) in [5.74, 6) is 0.398. The van der Waals surface area contributed by atoms with E-state index < -0.39 is 17.7 Å². The second-order valence-electron chi connectivity index (χ2n) is 14.4. The van der Waals surface area contributed by atoms with Crippen LogP contribution >= 0.6 is 0 Å². The Kier molecular flexibility index (Phi) is 11.0. The zero-order chi connectivity index (χ0) is 36.0. The van der Waals surface area contributed by atoms with E-state index in [9.17, 15) is 19.2 Å². The molecule has 3 amide bonds. The Morgan fingerprint density at radius 3 is 2.43 bits per heavy atom. The molecule has 1 saturated carbocycles. The number of carbonyl (C=O) groups is 3. The fraction of sp³-hybridized carbons (Fsp3) is 0.447. The smallest absolute Gasteiger partial charge is 0.407 e. The third-order valence-corrected chi connectivity index (χ3v) is 9.43. The highest BCUT2D eigenvalue weighted by molar-refractivity contribution is 5.99. The zero-order valence-electron chi connectivity index (χ0n) is 29.4. The van der Waals surface area contributed by atoms with Crippen LogP contribution in [0.5, 0.6) is 0 Å². The Hall–Kier alpha value is -5.17. The predicted molar refractivity (Wildman–Crippen MR) is 196 cm³/mol. The summed E-state index contributed by atoms with van der Waals surface area (Å²) in [4.78, 5) is 58.3. The summed E-state index contributed by atoms with van der Waals surface area (Å²) in [6.07, 6.45) is 4.54. The van der Waals surface area contributed by atoms with Crippen molar-refractivity contribution in [1.82, 2.24) is 25.8 Å². The number of nitrogens with zero attached hydrogens (tertiary/aromatic N) is 2. The molecule has 1 saturated heterocycles. The van der Waals surface area contributed by atoms with Crippen LogP contribution in [0.3, 0.4) is 0 Å². The number of anilines is 2. The van der Waals surface area contributed by atoms with E-state index in [0.717, 1.165) is 48.4 Å². The molecule has 2 aliphatic rings. The summed E-state index contributed by atoms with van der Waals surface area (Å²) in [5.41, 5.74) is 3.22. The van der Waals surface area contributed by atoms with Crippen molar-refractivity contribution in [2.45, 2.75) is 64.5 Å². The summed E-state index contributed by atoms with van der Waals surface area (Å²) >= 11 is 0. The number of nitrogens with one attached hydrogen (secondary N) is 5. The molecule has 0 radical (unpaired) electrons. The van der Waals surface area contributed by atoms with Gasteiger partial charge in [-0.15, -0.1) is 0 Å². The maximum atomic E-state index is 13.8. The van der Waals surface area contributed by atoms with E-state index in [0.29, 0.717) is 49.2 Å². The van der Waals surface area contributed by atoms with E-state index in [-0.39, 0.29) is 35.6 Å². The van der Waals surface area contributed by atoms with E-state index >= 15 is 0 Å². The minimum absolute atomic E-state index is 0.164. The van der Waals surface area contributed by atoms with Crippen molar-refractivity contribution in [3.8, 4) is 11.1 Å². The van der Waals surface area contributed by atoms with Gasteiger partial charge in [-0.1, -0.05) is 24.3 Å². The van der Waals surface area contributed by atoms with Crippen molar-refractivity contribution >= 4 is 40.3 Å². The van der Waals surface area contributed by atoms with Gasteiger partial charge >= 0.3 is 6.09 Å². The second-order valence-corrected chi connectivity index (χ2v) is 14.4. The Balaban J connectivity index is 1.12. The number of benzene rings is 2. The quantitative estimate of drug-likeness (QED) is 0.158. The average Bonchev–Trinajstić information content (AvgIpc) is 3.50. The minimum Gasteiger partial charge on any atom is -0.444 e. The Morgan fingerprint density at radius 1 is 0.961 bits per heavy atom. The molecule has 2 aromatic heterocycles. The minimum atomic E-state index is -0.843. The van der Waals surface area contributed by atoms with Gasteiger partial charge in [0.05, 0.1) is 24.1 Å². The first-order valence-electron chi connectivity index (χ1n) is 17.7. The number of amides is 3. The van der Waals surface area contributed by atoms with Crippen molar-refractivity contribution in [1.29, 1.82) is 0 Å². The summed E-state index contributed by atoms with van der Waals surface area (Å²) in [5, 5.41) is 14.7. The van der Waals surface area contributed by atoms with Crippen LogP contribution in [0.25, 0.3) is 22.0 Å². The maximum Gasteiger partial charge on any atom is 0.407 e. The molecule has 3 heterocycles. The number of alkyl carbamates (subject to hydrolysis) is 1. The van der Waals surface area contributed by atoms with Gasteiger partial charge in [-0.3, -0.25) is 24.6 Å². The average molecular weight is 698 g/mol. The van der Waals surface area contributed by atoms with Crippen molar-refractivity contribution in [3.05, 3.63) is 76.7 Å². The van der Waals surface area contributed by atoms with Gasteiger partial charge < -0.3 is 30.3 Å². The van der Waals surface area contributed by atoms with Gasteiger partial charge in [-0.25, -0.2) is 9.78 Å². The molecule has 1 unspecified atom stereocenters. The molecule has 13 heteroatoms. The van der Waals surface area contributed by atoms with Crippen LogP contribution in [-0.4, -0.2) is 77.6 Å². The standard InChI is InChI=1S/C38H47N7O6/c1-38(2,3)51-37(49)40-23-25-6-10-27(11-7-25)34(46)42-32(36(48)41-29-12-13-30-31(22-29)43-44-35(30)47)20-24-4-8-26(9-5-24)28-14-15-39-33(21-28)45-16-18-50-19-17-45/h4-5,8-9,12-15,21-22,25,27,32H,6-7,10-11,16-20,23H2,1-3H3,(H,40,49)(H,41,48)(H,42,46)(H2,43,44,47). The van der Waals surface area contributed by atoms with Gasteiger partial charge in [0.25, 0.3) is 5.56 Å². The number of carbonyl (C=O) groups excluding carboxylic acids is 3. The summed E-state index contributed by atoms with van der Waals surface area (Å²) < 4.78 is 10.8. The van der Waals surface area contributed by atoms with E-state index in [1.807, 2.05) is 57.3 Å². The van der Waals surface area contributed by atoms with Crippen LogP contribution in [0.2, 0.25) is 0 Å². The molecule has 5 N–H and O–H groups in total. The monoisotopic (exact) mass is 697 g/mol. The van der Waals surface area contributed by atoms with Crippen molar-refractivity contribution in [2.24, 2.45) is 11.8 Å². The van der Waals surface area contributed by atoms with Crippen LogP contribution in [0.15, 0.2) is 65.6 Å². The number of morpholine rings is 1. The number of ether oxygens (including phenoxy) is 2. The van der Waals surface area contributed by atoms with Crippen LogP contribution in [-0.2, 0) is 25.5 Å². The molecular formula is C38H47N7O6. The van der Waals surface area contributed by atoms with Crippen LogP contribution < -0.4 is 26.4 Å². The molecular weight excluding hydrogens is 650 g/mol. The summed E-state index contributed by atoms with van der Waals surface area (Å²) in [7, 11) is 0. The predicted octanol–water partition coefficient (Wildman–Crippen LogP) is 4.75. The highest BCUT2D eigenvalue weighted by atomic mass is 16.6. The highest BCUT2D eigenvalue weighted by Crippen LogP contribution is 2.29. The number of hydrogen-bond donors (Lipinski definition) is 5. The molecule has 1 aliphatic heterocycles. The normalized spacial score (nSPS) is 18.5. The lowest BCUT2D eigenvalue weighted by Gasteiger charge is -2.29. The molecule has 1 aliphatic carbocycles. The molecule has 2 fully saturated rings. The molecule has 4 aromatic rings. The van der Waals surface area contributed by atoms with E-state index in [1.165, 1.54) is 0 Å². The Bertz CT molecular complexity index is 1880. The molecule has 270 valence electrons. The molecule has 2 aromatic carbocycles. The van der Waals surface area contributed by atoms with E-state index in [1.54, 1.807) is 18.2 Å². The molecule has 13 nitrogen and oxygen atoms in total. The lowest BCUT2D eigenvalue weighted by molar-refractivity contribution is -0.130. The number of H-pyrrole nitrogens is 2. The lowest BCUT2D eigenvalue weighted by atomic mass is 9.81. The third-order valence-electron chi connectivity index (χ3n) is 9.43. The largest absolute Gasteiger partial charge is 0.444 e. The fourth-order valence-electron chi connectivity index (χ4n) is 6.65. The van der Waals surface area contributed by atoms with Gasteiger partial charge in [0.15, 0.2) is 0 Å². The molecule has 6 rings (SSSR count). The van der Waals surface area contributed by atoms with Gasteiger partial charge in [0, 0.05) is 43.9 Å². The number of fused-ring (bicyclic) bond motifs is 1. The maximum absolute atomic E-state index is 13.8. The van der Waals surface area contributed by atoms with Crippen LogP contribution in [0.4, 0.5) is 16.3 Å². The number of rotatable bonds is 10. The Morgan fingerprint density at radius 2 is 1.71 bits per heavy atom. The third kappa shape index (κ3) is 9.54. The van der Waals surface area contributed by atoms with Crippen molar-refractivity contribution in [2.75, 3.05) is 43.1 Å². The van der Waals surface area contributed by atoms with Gasteiger partial charge in [-0.05, 0) is 99.4 Å². The van der Waals surface area contributed by atoms with Gasteiger partial charge in [0.1, 0.15) is 17.5 Å². The number of aromatic amines is 2. The first kappa shape index (κ1) is 35.6. The number of hydrogen-bond acceptors (Lipinski definition) is 8. The van der Waals surface area contributed by atoms with Crippen LogP contribution in [0, 0.1) is 11.8 Å². The van der Waals surface area contributed by atoms with Crippen molar-refractivity contribution < 1.29 is 23.9 Å². The van der Waals surface area contributed by atoms with Crippen molar-refractivity contribution in [3.63, 3.8) is 0 Å². The molecule has 0 spiro atoms. The lowest BCUT2D eigenvalue weighted by Crippen LogP contribution is -2.48. The fourth-order valence-corrected chi connectivity index (χ4v) is 6.65. The second kappa shape index (κ2) is 15.8. The van der Waals surface area contributed by atoms with Gasteiger partial charge in [0.2, 0.25) is 11.8 Å². The number of aromatic nitrogens is 3. The molecule has 1 atom stereocenters.